The van der Waals surface area contributed by atoms with E-state index in [-0.39, 0.29) is 11.3 Å². The number of ketones is 1. The maximum atomic E-state index is 12.0. The summed E-state index contributed by atoms with van der Waals surface area (Å²) in [6, 6.07) is 18.3. The summed E-state index contributed by atoms with van der Waals surface area (Å²) < 4.78 is 4.94. The molecular formula is C22H23N3O4. The highest BCUT2D eigenvalue weighted by atomic mass is 16.5. The van der Waals surface area contributed by atoms with Gasteiger partial charge in [0.1, 0.15) is 11.6 Å². The molecule has 7 heteroatoms. The summed E-state index contributed by atoms with van der Waals surface area (Å²) in [6.07, 6.45) is 0.750. The smallest absolute Gasteiger partial charge is 0.338 e. The summed E-state index contributed by atoms with van der Waals surface area (Å²) in [5, 5.41) is 8.84. The van der Waals surface area contributed by atoms with Crippen LogP contribution in [0.1, 0.15) is 17.3 Å². The Labute approximate surface area is 170 Å². The monoisotopic (exact) mass is 393 g/mol. The molecule has 0 unspecified atom stereocenters. The van der Waals surface area contributed by atoms with E-state index in [2.05, 4.69) is 0 Å². The van der Waals surface area contributed by atoms with Crippen LogP contribution in [0.3, 0.4) is 0 Å². The Balaban J connectivity index is 0.000000749. The van der Waals surface area contributed by atoms with Crippen molar-refractivity contribution in [3.8, 4) is 17.2 Å². The van der Waals surface area contributed by atoms with E-state index in [9.17, 15) is 14.4 Å². The lowest BCUT2D eigenvalue weighted by Crippen LogP contribution is -2.17. The van der Waals surface area contributed by atoms with Crippen LogP contribution in [0.15, 0.2) is 65.9 Å². The van der Waals surface area contributed by atoms with E-state index in [4.69, 9.17) is 15.7 Å². The number of carbonyl (C=O) groups excluding carboxylic acids is 3. The average molecular weight is 393 g/mol. The van der Waals surface area contributed by atoms with Crippen molar-refractivity contribution in [2.45, 2.75) is 6.92 Å². The van der Waals surface area contributed by atoms with Gasteiger partial charge in [-0.05, 0) is 30.2 Å². The zero-order valence-electron chi connectivity index (χ0n) is 16.6. The summed E-state index contributed by atoms with van der Waals surface area (Å²) in [7, 11) is 3.38. The number of nitrogens with two attached hydrogens (primary N) is 1. The van der Waals surface area contributed by atoms with Crippen LogP contribution in [0.25, 0.3) is 11.1 Å². The van der Waals surface area contributed by atoms with Crippen molar-refractivity contribution in [1.82, 2.24) is 4.90 Å². The predicted molar refractivity (Wildman–Crippen MR) is 109 cm³/mol. The number of amides is 1. The van der Waals surface area contributed by atoms with Gasteiger partial charge in [-0.1, -0.05) is 42.5 Å². The predicted octanol–water partition coefficient (Wildman–Crippen LogP) is 2.54. The molecule has 2 N–H and O–H groups in total. The zero-order chi connectivity index (χ0) is 21.8. The van der Waals surface area contributed by atoms with E-state index in [1.165, 1.54) is 11.8 Å². The standard InChI is InChI=1S/C19H16N2O3.C3H7NO/c1-13(21)17(11-20)18(22)12-24-19(23)16-9-7-15(8-10-16)14-5-3-2-4-6-14;1-4(2)3-5/h2-10H,12,21H2,1H3;3H,1-2H3/b17-13+;. The van der Waals surface area contributed by atoms with Gasteiger partial charge in [0.05, 0.1) is 5.56 Å². The molecule has 150 valence electrons. The molecular weight excluding hydrogens is 370 g/mol. The van der Waals surface area contributed by atoms with Gasteiger partial charge in [0.25, 0.3) is 0 Å². The minimum Gasteiger partial charge on any atom is -0.454 e. The molecule has 2 rings (SSSR count). The maximum absolute atomic E-state index is 12.0. The van der Waals surface area contributed by atoms with Crippen LogP contribution in [0.4, 0.5) is 0 Å². The summed E-state index contributed by atoms with van der Waals surface area (Å²) in [4.78, 5) is 34.6. The topological polar surface area (TPSA) is 113 Å². The SMILES string of the molecule is C/C(N)=C(/C#N)C(=O)COC(=O)c1ccc(-c2ccccc2)cc1.CN(C)C=O. The normalized spacial score (nSPS) is 10.4. The Morgan fingerprint density at radius 2 is 1.59 bits per heavy atom. The van der Waals surface area contributed by atoms with Crippen molar-refractivity contribution in [1.29, 1.82) is 5.26 Å². The Kier molecular flexibility index (Phi) is 9.35. The number of rotatable bonds is 6. The highest BCUT2D eigenvalue weighted by Crippen LogP contribution is 2.19. The van der Waals surface area contributed by atoms with Gasteiger partial charge in [-0.3, -0.25) is 9.59 Å². The number of hydrogen-bond donors (Lipinski definition) is 1. The molecule has 1 amide bonds. The van der Waals surface area contributed by atoms with Crippen LogP contribution in [-0.2, 0) is 14.3 Å². The van der Waals surface area contributed by atoms with Gasteiger partial charge >= 0.3 is 5.97 Å². The molecule has 0 spiro atoms. The second kappa shape index (κ2) is 11.7. The first-order valence-corrected chi connectivity index (χ1v) is 8.64. The average Bonchev–Trinajstić information content (AvgIpc) is 2.73. The molecule has 0 aliphatic heterocycles. The van der Waals surface area contributed by atoms with Gasteiger partial charge in [-0.2, -0.15) is 5.26 Å². The maximum Gasteiger partial charge on any atom is 0.338 e. The van der Waals surface area contributed by atoms with Crippen molar-refractivity contribution in [2.75, 3.05) is 20.7 Å². The molecule has 0 saturated carbocycles. The third-order valence-corrected chi connectivity index (χ3v) is 3.56. The van der Waals surface area contributed by atoms with Crippen molar-refractivity contribution >= 4 is 18.2 Å². The molecule has 0 heterocycles. The van der Waals surface area contributed by atoms with Gasteiger partial charge in [-0.25, -0.2) is 4.79 Å². The minimum absolute atomic E-state index is 0.103. The van der Waals surface area contributed by atoms with E-state index in [1.807, 2.05) is 30.3 Å². The molecule has 0 radical (unpaired) electrons. The molecule has 29 heavy (non-hydrogen) atoms. The Morgan fingerprint density at radius 3 is 2.03 bits per heavy atom. The molecule has 0 aromatic heterocycles. The highest BCUT2D eigenvalue weighted by molar-refractivity contribution is 6.02. The lowest BCUT2D eigenvalue weighted by Gasteiger charge is -2.06. The van der Waals surface area contributed by atoms with E-state index >= 15 is 0 Å². The summed E-state index contributed by atoms with van der Waals surface area (Å²) in [5.41, 5.74) is 7.68. The van der Waals surface area contributed by atoms with E-state index in [1.54, 1.807) is 44.4 Å². The number of hydrogen-bond acceptors (Lipinski definition) is 6. The largest absolute Gasteiger partial charge is 0.454 e. The lowest BCUT2D eigenvalue weighted by molar-refractivity contribution is -0.118. The number of esters is 1. The molecule has 2 aromatic carbocycles. The van der Waals surface area contributed by atoms with Crippen LogP contribution in [-0.4, -0.2) is 43.8 Å². The molecule has 0 fully saturated rings. The number of allylic oxidation sites excluding steroid dienone is 1. The number of nitrogens with zero attached hydrogens (tertiary/aromatic N) is 2. The van der Waals surface area contributed by atoms with Crippen LogP contribution >= 0.6 is 0 Å². The summed E-state index contributed by atoms with van der Waals surface area (Å²) >= 11 is 0. The van der Waals surface area contributed by atoms with Gasteiger partial charge in [0.15, 0.2) is 6.61 Å². The van der Waals surface area contributed by atoms with Gasteiger partial charge in [-0.15, -0.1) is 0 Å². The number of benzene rings is 2. The minimum atomic E-state index is -0.630. The fraction of sp³-hybridized carbons (Fsp3) is 0.182. The molecule has 0 saturated heterocycles. The van der Waals surface area contributed by atoms with E-state index in [0.29, 0.717) is 5.56 Å². The third-order valence-electron chi connectivity index (χ3n) is 3.56. The van der Waals surface area contributed by atoms with Crippen molar-refractivity contribution < 1.29 is 19.1 Å². The van der Waals surface area contributed by atoms with Gasteiger partial charge in [0, 0.05) is 19.8 Å². The second-order valence-electron chi connectivity index (χ2n) is 6.18. The van der Waals surface area contributed by atoms with Gasteiger partial charge < -0.3 is 15.4 Å². The summed E-state index contributed by atoms with van der Waals surface area (Å²) in [5.74, 6) is -1.25. The number of carbonyl (C=O) groups is 3. The number of nitriles is 1. The number of Topliss-reactive ketones (excluding diaryl/α,β-unsaturated/α-hetero) is 1. The quantitative estimate of drug-likeness (QED) is 0.349. The van der Waals surface area contributed by atoms with Crippen LogP contribution in [0, 0.1) is 11.3 Å². The lowest BCUT2D eigenvalue weighted by atomic mass is 10.0. The first kappa shape index (κ1) is 23.1. The molecule has 0 aliphatic carbocycles. The molecule has 2 aromatic rings. The van der Waals surface area contributed by atoms with Crippen LogP contribution in [0.2, 0.25) is 0 Å². The summed E-state index contributed by atoms with van der Waals surface area (Å²) in [6.45, 7) is 0.928. The molecule has 0 bridgehead atoms. The highest BCUT2D eigenvalue weighted by Gasteiger charge is 2.15. The molecule has 0 atom stereocenters. The first-order chi connectivity index (χ1) is 13.8. The Morgan fingerprint density at radius 1 is 1.07 bits per heavy atom. The first-order valence-electron chi connectivity index (χ1n) is 8.64. The number of ether oxygens (including phenoxy) is 1. The third kappa shape index (κ3) is 7.69. The van der Waals surface area contributed by atoms with E-state index in [0.717, 1.165) is 17.5 Å². The van der Waals surface area contributed by atoms with Crippen LogP contribution in [0.5, 0.6) is 0 Å². The Hall–Kier alpha value is -3.92. The van der Waals surface area contributed by atoms with Gasteiger partial charge in [0.2, 0.25) is 12.2 Å². The van der Waals surface area contributed by atoms with Crippen LogP contribution < -0.4 is 5.73 Å². The fourth-order valence-electron chi connectivity index (χ4n) is 2.09. The molecule has 7 nitrogen and oxygen atoms in total. The van der Waals surface area contributed by atoms with Crippen molar-refractivity contribution in [3.05, 3.63) is 71.4 Å². The second-order valence-corrected chi connectivity index (χ2v) is 6.18. The molecule has 0 aliphatic rings. The Bertz CT molecular complexity index is 907. The van der Waals surface area contributed by atoms with E-state index < -0.39 is 18.4 Å². The zero-order valence-corrected chi connectivity index (χ0v) is 16.6. The fourth-order valence-corrected chi connectivity index (χ4v) is 2.09. The van der Waals surface area contributed by atoms with Crippen molar-refractivity contribution in [2.24, 2.45) is 5.73 Å². The van der Waals surface area contributed by atoms with Crippen molar-refractivity contribution in [3.63, 3.8) is 0 Å².